The van der Waals surface area contributed by atoms with Crippen LogP contribution < -0.4 is 0 Å². The Morgan fingerprint density at radius 2 is 2.14 bits per heavy atom. The van der Waals surface area contributed by atoms with E-state index in [1.807, 2.05) is 11.7 Å². The van der Waals surface area contributed by atoms with E-state index in [2.05, 4.69) is 35.2 Å². The van der Waals surface area contributed by atoms with Crippen molar-refractivity contribution in [3.05, 3.63) is 47.1 Å². The summed E-state index contributed by atoms with van der Waals surface area (Å²) in [5, 5.41) is 2.11. The Morgan fingerprint density at radius 1 is 1.18 bits per heavy atom. The molecule has 0 aliphatic carbocycles. The second-order valence-electron chi connectivity index (χ2n) is 5.34. The lowest BCUT2D eigenvalue weighted by atomic mass is 10.1. The van der Waals surface area contributed by atoms with Gasteiger partial charge in [0.05, 0.1) is 22.9 Å². The normalized spacial score (nSPS) is 18.8. The average Bonchev–Trinajstić information content (AvgIpc) is 3.31. The first-order valence-corrected chi connectivity index (χ1v) is 8.28. The fraction of sp³-hybridized carbons (Fsp3) is 0.333. The van der Waals surface area contributed by atoms with Gasteiger partial charge in [0.15, 0.2) is 5.82 Å². The van der Waals surface area contributed by atoms with Gasteiger partial charge in [0, 0.05) is 36.7 Å². The molecule has 1 N–H and O–H groups in total. The molecule has 0 spiro atoms. The zero-order valence-corrected chi connectivity index (χ0v) is 12.8. The standard InChI is InChI=1S/C15H16N6S/c1-2-12(21(7-1)8-11-9-22-10-20-11)13-14(17-4-3-16-13)15-18-5-6-19-15/h3-6,9-10,12H,1-2,7-8H2,(H,18,19). The highest BCUT2D eigenvalue weighted by atomic mass is 32.1. The van der Waals surface area contributed by atoms with Crippen LogP contribution in [0.4, 0.5) is 0 Å². The van der Waals surface area contributed by atoms with Crippen molar-refractivity contribution in [3.8, 4) is 11.5 Å². The van der Waals surface area contributed by atoms with Gasteiger partial charge >= 0.3 is 0 Å². The minimum absolute atomic E-state index is 0.274. The molecule has 0 radical (unpaired) electrons. The summed E-state index contributed by atoms with van der Waals surface area (Å²) in [5.41, 5.74) is 4.87. The van der Waals surface area contributed by atoms with Crippen LogP contribution in [0.3, 0.4) is 0 Å². The molecule has 1 fully saturated rings. The van der Waals surface area contributed by atoms with E-state index < -0.39 is 0 Å². The molecular formula is C15H16N6S. The van der Waals surface area contributed by atoms with Crippen molar-refractivity contribution in [1.82, 2.24) is 29.8 Å². The van der Waals surface area contributed by atoms with E-state index in [9.17, 15) is 0 Å². The van der Waals surface area contributed by atoms with E-state index in [4.69, 9.17) is 0 Å². The summed E-state index contributed by atoms with van der Waals surface area (Å²) in [7, 11) is 0. The van der Waals surface area contributed by atoms with E-state index in [1.54, 1.807) is 29.9 Å². The third-order valence-corrected chi connectivity index (χ3v) is 4.61. The van der Waals surface area contributed by atoms with Crippen LogP contribution in [0.25, 0.3) is 11.5 Å². The molecule has 1 aliphatic heterocycles. The van der Waals surface area contributed by atoms with E-state index in [0.29, 0.717) is 0 Å². The first kappa shape index (κ1) is 13.5. The van der Waals surface area contributed by atoms with Gasteiger partial charge in [-0.2, -0.15) is 0 Å². The summed E-state index contributed by atoms with van der Waals surface area (Å²) in [5.74, 6) is 0.781. The Morgan fingerprint density at radius 3 is 2.95 bits per heavy atom. The quantitative estimate of drug-likeness (QED) is 0.802. The Labute approximate surface area is 132 Å². The van der Waals surface area contributed by atoms with Crippen molar-refractivity contribution in [3.63, 3.8) is 0 Å². The molecule has 0 bridgehead atoms. The van der Waals surface area contributed by atoms with Gasteiger partial charge in [0.25, 0.3) is 0 Å². The van der Waals surface area contributed by atoms with Crippen LogP contribution in [-0.2, 0) is 6.54 Å². The third-order valence-electron chi connectivity index (χ3n) is 3.98. The molecule has 112 valence electrons. The van der Waals surface area contributed by atoms with Crippen LogP contribution in [0.5, 0.6) is 0 Å². The Balaban J connectivity index is 1.66. The summed E-state index contributed by atoms with van der Waals surface area (Å²) < 4.78 is 0. The van der Waals surface area contributed by atoms with E-state index in [1.165, 1.54) is 6.42 Å². The van der Waals surface area contributed by atoms with E-state index >= 15 is 0 Å². The van der Waals surface area contributed by atoms with E-state index in [0.717, 1.165) is 42.4 Å². The number of rotatable bonds is 4. The summed E-state index contributed by atoms with van der Waals surface area (Å²) in [6, 6.07) is 0.274. The third kappa shape index (κ3) is 2.53. The maximum atomic E-state index is 4.61. The maximum absolute atomic E-state index is 4.61. The highest BCUT2D eigenvalue weighted by Gasteiger charge is 2.30. The van der Waals surface area contributed by atoms with Gasteiger partial charge < -0.3 is 4.98 Å². The lowest BCUT2D eigenvalue weighted by Gasteiger charge is -2.24. The van der Waals surface area contributed by atoms with Gasteiger partial charge in [-0.15, -0.1) is 11.3 Å². The van der Waals surface area contributed by atoms with Crippen LogP contribution in [0, 0.1) is 0 Å². The fourth-order valence-corrected chi connectivity index (χ4v) is 3.57. The summed E-state index contributed by atoms with van der Waals surface area (Å²) in [4.78, 5) is 23.4. The Hall–Kier alpha value is -2.12. The Kier molecular flexibility index (Phi) is 3.65. The first-order chi connectivity index (χ1) is 10.9. The van der Waals surface area contributed by atoms with Crippen LogP contribution in [0.1, 0.15) is 30.3 Å². The van der Waals surface area contributed by atoms with Gasteiger partial charge in [-0.1, -0.05) is 0 Å². The second-order valence-corrected chi connectivity index (χ2v) is 6.05. The molecule has 0 saturated carbocycles. The number of aromatic nitrogens is 5. The largest absolute Gasteiger partial charge is 0.343 e. The molecule has 3 aromatic heterocycles. The number of imidazole rings is 1. The average molecular weight is 312 g/mol. The number of likely N-dealkylation sites (tertiary alicyclic amines) is 1. The smallest absolute Gasteiger partial charge is 0.157 e. The highest BCUT2D eigenvalue weighted by molar-refractivity contribution is 7.07. The molecule has 0 aromatic carbocycles. The fourth-order valence-electron chi connectivity index (χ4n) is 3.02. The minimum Gasteiger partial charge on any atom is -0.343 e. The van der Waals surface area contributed by atoms with Crippen molar-refractivity contribution in [2.45, 2.75) is 25.4 Å². The van der Waals surface area contributed by atoms with Crippen LogP contribution in [0.2, 0.25) is 0 Å². The molecule has 0 amide bonds. The number of H-pyrrole nitrogens is 1. The predicted octanol–water partition coefficient (Wildman–Crippen LogP) is 2.66. The second kappa shape index (κ2) is 5.94. The Bertz CT molecular complexity index is 724. The monoisotopic (exact) mass is 312 g/mol. The predicted molar refractivity (Wildman–Crippen MR) is 84.1 cm³/mol. The van der Waals surface area contributed by atoms with Crippen LogP contribution in [-0.4, -0.2) is 36.4 Å². The zero-order valence-electron chi connectivity index (χ0n) is 12.0. The number of nitrogens with zero attached hydrogens (tertiary/aromatic N) is 5. The summed E-state index contributed by atoms with van der Waals surface area (Å²) in [6.07, 6.45) is 9.31. The molecule has 4 heterocycles. The van der Waals surface area contributed by atoms with Crippen molar-refractivity contribution in [2.24, 2.45) is 0 Å². The lowest BCUT2D eigenvalue weighted by molar-refractivity contribution is 0.242. The molecule has 1 atom stereocenters. The molecule has 1 saturated heterocycles. The molecule has 4 rings (SSSR count). The number of hydrogen-bond acceptors (Lipinski definition) is 6. The lowest BCUT2D eigenvalue weighted by Crippen LogP contribution is -2.24. The highest BCUT2D eigenvalue weighted by Crippen LogP contribution is 2.35. The van der Waals surface area contributed by atoms with Crippen LogP contribution in [0.15, 0.2) is 35.7 Å². The molecule has 6 nitrogen and oxygen atoms in total. The van der Waals surface area contributed by atoms with Gasteiger partial charge in [-0.05, 0) is 19.4 Å². The molecule has 22 heavy (non-hydrogen) atoms. The van der Waals surface area contributed by atoms with Gasteiger partial charge in [-0.3, -0.25) is 9.88 Å². The molecule has 1 aliphatic rings. The molecular weight excluding hydrogens is 296 g/mol. The van der Waals surface area contributed by atoms with Gasteiger partial charge in [0.1, 0.15) is 5.69 Å². The number of hydrogen-bond donors (Lipinski definition) is 1. The topological polar surface area (TPSA) is 70.6 Å². The SMILES string of the molecule is c1c[nH]c(-c2nccnc2C2CCCN2Cc2cscn2)n1. The molecule has 1 unspecified atom stereocenters. The first-order valence-electron chi connectivity index (χ1n) is 7.33. The van der Waals surface area contributed by atoms with Crippen molar-refractivity contribution >= 4 is 11.3 Å². The van der Waals surface area contributed by atoms with Crippen molar-refractivity contribution in [2.75, 3.05) is 6.54 Å². The molecule has 7 heteroatoms. The zero-order chi connectivity index (χ0) is 14.8. The maximum Gasteiger partial charge on any atom is 0.157 e. The number of nitrogens with one attached hydrogen (secondary N) is 1. The van der Waals surface area contributed by atoms with Crippen molar-refractivity contribution < 1.29 is 0 Å². The van der Waals surface area contributed by atoms with Crippen LogP contribution >= 0.6 is 11.3 Å². The van der Waals surface area contributed by atoms with E-state index in [-0.39, 0.29) is 6.04 Å². The number of aromatic amines is 1. The summed E-state index contributed by atoms with van der Waals surface area (Å²) >= 11 is 1.64. The summed E-state index contributed by atoms with van der Waals surface area (Å²) in [6.45, 7) is 1.93. The number of thiazole rings is 1. The van der Waals surface area contributed by atoms with Gasteiger partial charge in [0.2, 0.25) is 0 Å². The minimum atomic E-state index is 0.274. The molecule has 3 aromatic rings. The van der Waals surface area contributed by atoms with Crippen molar-refractivity contribution in [1.29, 1.82) is 0 Å². The van der Waals surface area contributed by atoms with Gasteiger partial charge in [-0.25, -0.2) is 15.0 Å².